The molecule has 0 aromatic carbocycles. The van der Waals surface area contributed by atoms with Gasteiger partial charge >= 0.3 is 111 Å². The first-order valence-corrected chi connectivity index (χ1v) is 10.4. The molecule has 1 atom stereocenters. The number of rotatable bonds is 3. The summed E-state index contributed by atoms with van der Waals surface area (Å²) < 4.78 is 91.1. The van der Waals surface area contributed by atoms with Crippen LogP contribution in [-0.2, 0) is 30.4 Å². The van der Waals surface area contributed by atoms with Gasteiger partial charge in [-0.1, -0.05) is 0 Å². The summed E-state index contributed by atoms with van der Waals surface area (Å²) in [6.45, 7) is 0. The summed E-state index contributed by atoms with van der Waals surface area (Å²) in [5, 5.41) is -2.23. The Morgan fingerprint density at radius 3 is 1.67 bits per heavy atom. The van der Waals surface area contributed by atoms with Crippen LogP contribution < -0.4 is 0 Å². The average Bonchev–Trinajstić information content (AvgIpc) is 2.12. The fourth-order valence-corrected chi connectivity index (χ4v) is 10.7. The molecule has 18 heavy (non-hydrogen) atoms. The molecule has 1 aliphatic heterocycles. The zero-order valence-corrected chi connectivity index (χ0v) is 12.4. The second-order valence-electron chi connectivity index (χ2n) is 3.81. The van der Waals surface area contributed by atoms with Crippen LogP contribution in [0, 0.1) is 0 Å². The van der Waals surface area contributed by atoms with Crippen molar-refractivity contribution in [2.75, 3.05) is 0 Å². The molecule has 104 valence electrons. The first-order valence-electron chi connectivity index (χ1n) is 4.59. The van der Waals surface area contributed by atoms with Gasteiger partial charge in [0.25, 0.3) is 0 Å². The molecule has 0 saturated carbocycles. The van der Waals surface area contributed by atoms with Gasteiger partial charge in [0, 0.05) is 0 Å². The molecule has 0 aliphatic carbocycles. The van der Waals surface area contributed by atoms with Gasteiger partial charge in [-0.3, -0.25) is 0 Å². The zero-order chi connectivity index (χ0) is 14.4. The van der Waals surface area contributed by atoms with Crippen molar-refractivity contribution in [1.29, 1.82) is 0 Å². The van der Waals surface area contributed by atoms with Crippen molar-refractivity contribution in [1.82, 2.24) is 0 Å². The van der Waals surface area contributed by atoms with Crippen LogP contribution in [0.1, 0.15) is 12.8 Å². The third kappa shape index (κ3) is 2.59. The average molecular weight is 337 g/mol. The quantitative estimate of drug-likeness (QED) is 0.414. The molecule has 0 amide bonds. The van der Waals surface area contributed by atoms with Crippen LogP contribution in [0.2, 0.25) is 5.28 Å². The van der Waals surface area contributed by atoms with E-state index >= 15 is 0 Å². The molecule has 1 heterocycles. The molecule has 0 aromatic rings. The molecule has 1 saturated heterocycles. The van der Waals surface area contributed by atoms with Crippen LogP contribution in [0.3, 0.4) is 0 Å². The van der Waals surface area contributed by atoms with Crippen molar-refractivity contribution in [3.8, 4) is 0 Å². The summed E-state index contributed by atoms with van der Waals surface area (Å²) in [5.74, 6) is 0. The summed E-state index contributed by atoms with van der Waals surface area (Å²) in [7, 11) is -15.9. The van der Waals surface area contributed by atoms with E-state index in [0.29, 0.717) is 0 Å². The Morgan fingerprint density at radius 1 is 0.944 bits per heavy atom. The summed E-state index contributed by atoms with van der Waals surface area (Å²) in [5.41, 5.74) is 0. The standard InChI is InChI=1S/C5H10O9S3.Al/c1-2-3-4(15(6,7)8)5(16(9,10)11)17(12,13)14;/h4H,1-3H2,(H,6,7,8)(H,9,10,11)(H,12,13,14);/q;+1. The third-order valence-corrected chi connectivity index (χ3v) is 12.5. The molecule has 1 aliphatic rings. The van der Waals surface area contributed by atoms with Crippen molar-refractivity contribution < 1.29 is 38.9 Å². The fraction of sp³-hybridized carbons (Fsp3) is 1.00. The van der Waals surface area contributed by atoms with Gasteiger partial charge in [-0.15, -0.1) is 0 Å². The minimum absolute atomic E-state index is 0.0472. The van der Waals surface area contributed by atoms with Gasteiger partial charge < -0.3 is 0 Å². The van der Waals surface area contributed by atoms with E-state index in [1.807, 2.05) is 0 Å². The topological polar surface area (TPSA) is 163 Å². The van der Waals surface area contributed by atoms with E-state index in [1.54, 1.807) is 0 Å². The van der Waals surface area contributed by atoms with Crippen LogP contribution in [-0.4, -0.2) is 62.3 Å². The van der Waals surface area contributed by atoms with Crippen LogP contribution in [0.15, 0.2) is 0 Å². The Labute approximate surface area is 111 Å². The van der Waals surface area contributed by atoms with E-state index in [1.165, 1.54) is 0 Å². The van der Waals surface area contributed by atoms with Gasteiger partial charge in [0.2, 0.25) is 0 Å². The Kier molecular flexibility index (Phi) is 4.23. The van der Waals surface area contributed by atoms with Crippen molar-refractivity contribution in [2.24, 2.45) is 0 Å². The van der Waals surface area contributed by atoms with Gasteiger partial charge in [-0.2, -0.15) is 0 Å². The first kappa shape index (κ1) is 16.3. The summed E-state index contributed by atoms with van der Waals surface area (Å²) in [4.78, 5) is 0. The van der Waals surface area contributed by atoms with Crippen LogP contribution in [0.5, 0.6) is 0 Å². The second kappa shape index (κ2) is 4.67. The van der Waals surface area contributed by atoms with E-state index in [2.05, 4.69) is 0 Å². The maximum atomic E-state index is 11.3. The van der Waals surface area contributed by atoms with Crippen molar-refractivity contribution >= 4 is 45.6 Å². The summed E-state index contributed by atoms with van der Waals surface area (Å²) >= 11 is -1.67. The van der Waals surface area contributed by atoms with E-state index in [4.69, 9.17) is 13.7 Å². The molecule has 1 fully saturated rings. The van der Waals surface area contributed by atoms with E-state index in [0.717, 1.165) is 0 Å². The third-order valence-electron chi connectivity index (χ3n) is 2.71. The Balaban J connectivity index is 3.70. The Bertz CT molecular complexity index is 598. The fourth-order valence-electron chi connectivity index (χ4n) is 1.97. The summed E-state index contributed by atoms with van der Waals surface area (Å²) in [6, 6.07) is 0. The molecule has 0 aromatic heterocycles. The number of hydrogen-bond acceptors (Lipinski definition) is 6. The maximum absolute atomic E-state index is 11.3. The molecule has 0 bridgehead atoms. The molecule has 0 spiro atoms. The predicted molar refractivity (Wildman–Crippen MR) is 61.0 cm³/mol. The SMILES string of the molecule is O=S(=O)(O)C1CC[CH2][Al+][C]1(S(=O)(=O)O)S(=O)(=O)O. The molecule has 1 unspecified atom stereocenters. The van der Waals surface area contributed by atoms with Crippen molar-refractivity contribution in [3.05, 3.63) is 0 Å². The minimum atomic E-state index is -5.42. The predicted octanol–water partition coefficient (Wildman–Crippen LogP) is -1.41. The van der Waals surface area contributed by atoms with Crippen LogP contribution >= 0.6 is 0 Å². The molecular formula is C5H10AlO9S3+. The van der Waals surface area contributed by atoms with E-state index < -0.39 is 60.2 Å². The molecule has 1 rings (SSSR count). The van der Waals surface area contributed by atoms with E-state index in [9.17, 15) is 25.3 Å². The monoisotopic (exact) mass is 337 g/mol. The van der Waals surface area contributed by atoms with Crippen LogP contribution in [0.4, 0.5) is 0 Å². The molecule has 3 N–H and O–H groups in total. The van der Waals surface area contributed by atoms with Crippen LogP contribution in [0.25, 0.3) is 0 Å². The second-order valence-corrected chi connectivity index (χ2v) is 11.7. The molecular weight excluding hydrogens is 327 g/mol. The Morgan fingerprint density at radius 2 is 1.39 bits per heavy atom. The van der Waals surface area contributed by atoms with Gasteiger partial charge in [-0.05, 0) is 0 Å². The van der Waals surface area contributed by atoms with Gasteiger partial charge in [0.15, 0.2) is 0 Å². The van der Waals surface area contributed by atoms with Gasteiger partial charge in [0.1, 0.15) is 0 Å². The first-order chi connectivity index (χ1) is 7.84. The molecule has 0 radical (unpaired) electrons. The molecule has 9 nitrogen and oxygen atoms in total. The van der Waals surface area contributed by atoms with Crippen molar-refractivity contribution in [3.63, 3.8) is 0 Å². The summed E-state index contributed by atoms with van der Waals surface area (Å²) in [6.07, 6.45) is -0.308. The normalized spacial score (nSPS) is 24.9. The number of hydrogen-bond donors (Lipinski definition) is 3. The van der Waals surface area contributed by atoms with Crippen molar-refractivity contribution in [2.45, 2.75) is 26.3 Å². The Hall–Kier alpha value is 0.262. The van der Waals surface area contributed by atoms with Gasteiger partial charge in [0.05, 0.1) is 0 Å². The van der Waals surface area contributed by atoms with E-state index in [-0.39, 0.29) is 11.7 Å². The molecule has 13 heteroatoms. The van der Waals surface area contributed by atoms with Gasteiger partial charge in [-0.25, -0.2) is 0 Å². The zero-order valence-electron chi connectivity index (χ0n) is 8.79.